The predicted molar refractivity (Wildman–Crippen MR) is 57.4 cm³/mol. The minimum atomic E-state index is -1.33. The van der Waals surface area contributed by atoms with Gasteiger partial charge in [-0.15, -0.1) is 0 Å². The van der Waals surface area contributed by atoms with E-state index in [9.17, 15) is 19.8 Å². The van der Waals surface area contributed by atoms with Crippen molar-refractivity contribution in [2.45, 2.75) is 24.5 Å². The van der Waals surface area contributed by atoms with Crippen LogP contribution < -0.4 is 17.1 Å². The second kappa shape index (κ2) is 5.00. The number of hydrogen-bond donors (Lipinski definition) is 4. The molecule has 0 amide bonds. The van der Waals surface area contributed by atoms with Crippen LogP contribution in [0.3, 0.4) is 0 Å². The first-order valence-corrected chi connectivity index (χ1v) is 5.19. The van der Waals surface area contributed by atoms with Crippen molar-refractivity contribution in [3.8, 4) is 0 Å². The number of nitrogens with one attached hydrogen (secondary N) is 1. The third-order valence-electron chi connectivity index (χ3n) is 2.72. The first-order valence-electron chi connectivity index (χ1n) is 5.19. The van der Waals surface area contributed by atoms with Crippen LogP contribution in [0, 0.1) is 0 Å². The molecule has 100 valence electrons. The number of nitrogens with two attached hydrogens (primary N) is 1. The van der Waals surface area contributed by atoms with Crippen LogP contribution in [0.2, 0.25) is 0 Å². The lowest BCUT2D eigenvalue weighted by atomic mass is 10.1. The highest BCUT2D eigenvalue weighted by atomic mass is 16.6. The summed E-state index contributed by atoms with van der Waals surface area (Å²) in [5, 5.41) is 19.4. The number of aliphatic hydroxyl groups excluding tert-OH is 2. The highest BCUT2D eigenvalue weighted by Gasteiger charge is 2.44. The van der Waals surface area contributed by atoms with Gasteiger partial charge in [0.1, 0.15) is 18.3 Å². The average molecular weight is 259 g/mol. The van der Waals surface area contributed by atoms with Crippen LogP contribution in [0.4, 0.5) is 0 Å². The molecule has 0 radical (unpaired) electrons. The van der Waals surface area contributed by atoms with Gasteiger partial charge in [0.2, 0.25) is 0 Å². The molecule has 1 aromatic heterocycles. The Labute approximate surface area is 100 Å². The molecule has 9 nitrogen and oxygen atoms in total. The molecule has 9 heteroatoms. The van der Waals surface area contributed by atoms with Gasteiger partial charge in [0.25, 0.3) is 5.56 Å². The maximum absolute atomic E-state index is 11.5. The van der Waals surface area contributed by atoms with Gasteiger partial charge >= 0.3 is 5.69 Å². The molecule has 0 aliphatic carbocycles. The zero-order valence-corrected chi connectivity index (χ0v) is 9.22. The Hall–Kier alpha value is -1.52. The van der Waals surface area contributed by atoms with E-state index in [2.05, 4.69) is 4.84 Å². The lowest BCUT2D eigenvalue weighted by molar-refractivity contribution is -0.0689. The Morgan fingerprint density at radius 1 is 1.44 bits per heavy atom. The van der Waals surface area contributed by atoms with Gasteiger partial charge in [0, 0.05) is 12.3 Å². The molecule has 2 heterocycles. The number of aliphatic hydroxyl groups is 2. The van der Waals surface area contributed by atoms with Gasteiger partial charge in [-0.2, -0.15) is 0 Å². The van der Waals surface area contributed by atoms with Crippen molar-refractivity contribution in [2.24, 2.45) is 5.90 Å². The fraction of sp³-hybridized carbons (Fsp3) is 0.556. The monoisotopic (exact) mass is 259 g/mol. The van der Waals surface area contributed by atoms with Crippen molar-refractivity contribution in [1.29, 1.82) is 0 Å². The van der Waals surface area contributed by atoms with Crippen LogP contribution >= 0.6 is 0 Å². The zero-order valence-electron chi connectivity index (χ0n) is 9.22. The van der Waals surface area contributed by atoms with Crippen LogP contribution in [0.1, 0.15) is 6.23 Å². The summed E-state index contributed by atoms with van der Waals surface area (Å²) < 4.78 is 6.25. The Balaban J connectivity index is 2.29. The van der Waals surface area contributed by atoms with Crippen molar-refractivity contribution in [1.82, 2.24) is 9.55 Å². The maximum atomic E-state index is 11.5. The smallest absolute Gasteiger partial charge is 0.330 e. The predicted octanol–water partition coefficient (Wildman–Crippen LogP) is -2.95. The van der Waals surface area contributed by atoms with Gasteiger partial charge in [0.15, 0.2) is 6.23 Å². The molecule has 4 atom stereocenters. The van der Waals surface area contributed by atoms with Crippen LogP contribution in [0.25, 0.3) is 0 Å². The molecule has 4 unspecified atom stereocenters. The van der Waals surface area contributed by atoms with E-state index in [1.54, 1.807) is 0 Å². The first-order chi connectivity index (χ1) is 8.54. The first kappa shape index (κ1) is 12.9. The fourth-order valence-electron chi connectivity index (χ4n) is 1.82. The van der Waals surface area contributed by atoms with Gasteiger partial charge in [0.05, 0.1) is 6.61 Å². The Morgan fingerprint density at radius 2 is 2.17 bits per heavy atom. The van der Waals surface area contributed by atoms with Gasteiger partial charge in [-0.1, -0.05) is 0 Å². The molecule has 1 fully saturated rings. The van der Waals surface area contributed by atoms with Gasteiger partial charge in [-0.25, -0.2) is 10.7 Å². The number of aromatic amines is 1. The lowest BCUT2D eigenvalue weighted by Crippen LogP contribution is -2.37. The van der Waals surface area contributed by atoms with E-state index in [0.717, 1.165) is 10.6 Å². The van der Waals surface area contributed by atoms with E-state index in [1.807, 2.05) is 4.98 Å². The van der Waals surface area contributed by atoms with Gasteiger partial charge < -0.3 is 19.8 Å². The topological polar surface area (TPSA) is 140 Å². The van der Waals surface area contributed by atoms with Crippen molar-refractivity contribution >= 4 is 0 Å². The fourth-order valence-corrected chi connectivity index (χ4v) is 1.82. The van der Waals surface area contributed by atoms with E-state index in [0.29, 0.717) is 0 Å². The van der Waals surface area contributed by atoms with Crippen LogP contribution in [0.15, 0.2) is 21.9 Å². The molecular formula is C9H13N3O6. The molecule has 18 heavy (non-hydrogen) atoms. The minimum Gasteiger partial charge on any atom is -0.387 e. The summed E-state index contributed by atoms with van der Waals surface area (Å²) in [4.78, 5) is 28.8. The molecule has 1 aliphatic rings. The quantitative estimate of drug-likeness (QED) is 0.425. The number of aromatic nitrogens is 2. The summed E-state index contributed by atoms with van der Waals surface area (Å²) in [6, 6.07) is 1.11. The molecule has 1 aliphatic heterocycles. The van der Waals surface area contributed by atoms with Crippen LogP contribution in [0.5, 0.6) is 0 Å². The van der Waals surface area contributed by atoms with Crippen LogP contribution in [-0.2, 0) is 9.57 Å². The minimum absolute atomic E-state index is 0.132. The molecule has 0 spiro atoms. The molecule has 0 bridgehead atoms. The molecular weight excluding hydrogens is 246 g/mol. The van der Waals surface area contributed by atoms with Gasteiger partial charge in [-0.3, -0.25) is 14.3 Å². The van der Waals surface area contributed by atoms with Crippen molar-refractivity contribution in [2.75, 3.05) is 6.61 Å². The van der Waals surface area contributed by atoms with E-state index in [-0.39, 0.29) is 6.61 Å². The van der Waals surface area contributed by atoms with E-state index in [4.69, 9.17) is 10.6 Å². The average Bonchev–Trinajstić information content (AvgIpc) is 2.58. The number of rotatable bonds is 3. The SMILES string of the molecule is NOCC1OC(n2ccc(=O)[nH]c2=O)C(O)C1O. The third-order valence-corrected chi connectivity index (χ3v) is 2.72. The number of nitrogens with zero attached hydrogens (tertiary/aromatic N) is 1. The Morgan fingerprint density at radius 3 is 2.78 bits per heavy atom. The second-order valence-electron chi connectivity index (χ2n) is 3.90. The largest absolute Gasteiger partial charge is 0.387 e. The summed E-state index contributed by atoms with van der Waals surface area (Å²) in [6.07, 6.45) is -3.35. The molecule has 2 rings (SSSR count). The third kappa shape index (κ3) is 2.21. The molecule has 0 saturated carbocycles. The number of H-pyrrole nitrogens is 1. The zero-order chi connectivity index (χ0) is 13.3. The molecule has 1 saturated heterocycles. The summed E-state index contributed by atoms with van der Waals surface area (Å²) in [6.45, 7) is -0.132. The van der Waals surface area contributed by atoms with Crippen molar-refractivity contribution < 1.29 is 19.8 Å². The highest BCUT2D eigenvalue weighted by Crippen LogP contribution is 2.27. The highest BCUT2D eigenvalue weighted by molar-refractivity contribution is 4.93. The van der Waals surface area contributed by atoms with Crippen molar-refractivity contribution in [3.63, 3.8) is 0 Å². The Bertz CT molecular complexity index is 526. The standard InChI is InChI=1S/C9H13N3O6/c10-17-3-4-6(14)7(15)8(18-4)12-2-1-5(13)11-9(12)16/h1-2,4,6-8,14-15H,3,10H2,(H,11,13,16). The maximum Gasteiger partial charge on any atom is 0.330 e. The summed E-state index contributed by atoms with van der Waals surface area (Å²) in [5.74, 6) is 4.86. The van der Waals surface area contributed by atoms with E-state index in [1.165, 1.54) is 6.20 Å². The van der Waals surface area contributed by atoms with Crippen LogP contribution in [-0.4, -0.2) is 44.7 Å². The molecule has 5 N–H and O–H groups in total. The Kier molecular flexibility index (Phi) is 3.59. The molecule has 1 aromatic rings. The number of ether oxygens (including phenoxy) is 1. The van der Waals surface area contributed by atoms with E-state index >= 15 is 0 Å². The van der Waals surface area contributed by atoms with Gasteiger partial charge in [-0.05, 0) is 0 Å². The molecule has 0 aromatic carbocycles. The normalized spacial score (nSPS) is 31.7. The summed E-state index contributed by atoms with van der Waals surface area (Å²) >= 11 is 0. The van der Waals surface area contributed by atoms with Crippen molar-refractivity contribution in [3.05, 3.63) is 33.1 Å². The van der Waals surface area contributed by atoms with E-state index < -0.39 is 35.8 Å². The summed E-state index contributed by atoms with van der Waals surface area (Å²) in [5.41, 5.74) is -1.31. The number of hydrogen-bond acceptors (Lipinski definition) is 7. The second-order valence-corrected chi connectivity index (χ2v) is 3.90. The lowest BCUT2D eigenvalue weighted by Gasteiger charge is -2.16. The summed E-state index contributed by atoms with van der Waals surface area (Å²) in [7, 11) is 0.